The summed E-state index contributed by atoms with van der Waals surface area (Å²) in [6.45, 7) is -0.0776. The number of rotatable bonds is 5. The highest BCUT2D eigenvalue weighted by atomic mass is 19.4. The molecule has 1 aromatic heterocycles. The van der Waals surface area contributed by atoms with Crippen LogP contribution < -0.4 is 10.1 Å². The van der Waals surface area contributed by atoms with Crippen molar-refractivity contribution in [3.63, 3.8) is 0 Å². The summed E-state index contributed by atoms with van der Waals surface area (Å²) in [5.41, 5.74) is 1.02. The molecule has 0 fully saturated rings. The maximum Gasteiger partial charge on any atom is 0.573 e. The van der Waals surface area contributed by atoms with E-state index in [-0.39, 0.29) is 17.9 Å². The lowest BCUT2D eigenvalue weighted by atomic mass is 10.2. The molecule has 0 spiro atoms. The predicted molar refractivity (Wildman–Crippen MR) is 78.2 cm³/mol. The molecule has 0 atom stereocenters. The van der Waals surface area contributed by atoms with E-state index in [1.165, 1.54) is 24.3 Å². The Morgan fingerprint density at radius 2 is 1.87 bits per heavy atom. The molecule has 7 heteroatoms. The van der Waals surface area contributed by atoms with Crippen molar-refractivity contribution >= 4 is 12.0 Å². The smallest absolute Gasteiger partial charge is 0.405 e. The lowest BCUT2D eigenvalue weighted by molar-refractivity contribution is -0.274. The monoisotopic (exact) mass is 322 g/mol. The Hall–Kier alpha value is -2.83. The first-order valence-electron chi connectivity index (χ1n) is 6.63. The fourth-order valence-corrected chi connectivity index (χ4v) is 1.76. The van der Waals surface area contributed by atoms with Gasteiger partial charge in [-0.25, -0.2) is 0 Å². The molecule has 23 heavy (non-hydrogen) atoms. The minimum Gasteiger partial charge on any atom is -0.405 e. The molecule has 2 aromatic rings. The number of halogens is 3. The van der Waals surface area contributed by atoms with Crippen LogP contribution in [0.25, 0.3) is 6.08 Å². The molecular weight excluding hydrogens is 309 g/mol. The van der Waals surface area contributed by atoms with E-state index < -0.39 is 12.3 Å². The summed E-state index contributed by atoms with van der Waals surface area (Å²) in [4.78, 5) is 15.6. The normalized spacial score (nSPS) is 11.4. The zero-order valence-electron chi connectivity index (χ0n) is 11.9. The third-order valence-electron chi connectivity index (χ3n) is 2.78. The van der Waals surface area contributed by atoms with Crippen molar-refractivity contribution in [1.29, 1.82) is 0 Å². The Balaban J connectivity index is 1.95. The van der Waals surface area contributed by atoms with Crippen LogP contribution in [0, 0.1) is 0 Å². The molecule has 0 aliphatic heterocycles. The minimum atomic E-state index is -4.78. The second-order valence-corrected chi connectivity index (χ2v) is 4.49. The van der Waals surface area contributed by atoms with E-state index in [0.717, 1.165) is 5.56 Å². The van der Waals surface area contributed by atoms with Gasteiger partial charge in [-0.15, -0.1) is 13.2 Å². The number of carbonyl (C=O) groups excluding carboxylic acids is 1. The predicted octanol–water partition coefficient (Wildman–Crippen LogP) is 3.31. The summed E-state index contributed by atoms with van der Waals surface area (Å²) < 4.78 is 40.8. The second-order valence-electron chi connectivity index (χ2n) is 4.49. The molecule has 0 unspecified atom stereocenters. The molecule has 1 N–H and O–H groups in total. The van der Waals surface area contributed by atoms with Crippen molar-refractivity contribution in [3.8, 4) is 5.75 Å². The Morgan fingerprint density at radius 1 is 1.17 bits per heavy atom. The summed E-state index contributed by atoms with van der Waals surface area (Å²) in [5, 5.41) is 2.51. The molecule has 0 radical (unpaired) electrons. The fraction of sp³-hybridized carbons (Fsp3) is 0.125. The first-order valence-corrected chi connectivity index (χ1v) is 6.63. The van der Waals surface area contributed by atoms with Gasteiger partial charge in [0.05, 0.1) is 0 Å². The number of nitrogens with zero attached hydrogens (tertiary/aromatic N) is 1. The Morgan fingerprint density at radius 3 is 2.57 bits per heavy atom. The van der Waals surface area contributed by atoms with E-state index in [1.54, 1.807) is 36.7 Å². The molecule has 0 bridgehead atoms. The van der Waals surface area contributed by atoms with Crippen molar-refractivity contribution in [2.45, 2.75) is 12.9 Å². The van der Waals surface area contributed by atoms with E-state index in [0.29, 0.717) is 0 Å². The molecule has 0 saturated heterocycles. The van der Waals surface area contributed by atoms with Gasteiger partial charge in [0.15, 0.2) is 0 Å². The second kappa shape index (κ2) is 7.44. The molecule has 0 saturated carbocycles. The van der Waals surface area contributed by atoms with Gasteiger partial charge < -0.3 is 10.1 Å². The highest BCUT2D eigenvalue weighted by Gasteiger charge is 2.31. The number of hydrogen-bond acceptors (Lipinski definition) is 3. The third kappa shape index (κ3) is 5.82. The van der Waals surface area contributed by atoms with Crippen molar-refractivity contribution in [2.75, 3.05) is 0 Å². The summed E-state index contributed by atoms with van der Waals surface area (Å²) >= 11 is 0. The molecule has 2 rings (SSSR count). The first kappa shape index (κ1) is 16.5. The summed E-state index contributed by atoms with van der Waals surface area (Å²) in [6, 6.07) is 9.08. The van der Waals surface area contributed by atoms with Gasteiger partial charge in [0.25, 0.3) is 0 Å². The average Bonchev–Trinajstić information content (AvgIpc) is 2.51. The van der Waals surface area contributed by atoms with E-state index >= 15 is 0 Å². The number of ether oxygens (including phenoxy) is 1. The maximum absolute atomic E-state index is 12.3. The lowest BCUT2D eigenvalue weighted by Crippen LogP contribution is -2.22. The summed E-state index contributed by atoms with van der Waals surface area (Å²) in [6.07, 6.45) is 1.27. The number of pyridine rings is 1. The van der Waals surface area contributed by atoms with E-state index in [2.05, 4.69) is 15.0 Å². The van der Waals surface area contributed by atoms with Crippen LogP contribution >= 0.6 is 0 Å². The van der Waals surface area contributed by atoms with Crippen LogP contribution in [0.5, 0.6) is 5.75 Å². The Labute approximate surface area is 130 Å². The average molecular weight is 322 g/mol. The lowest BCUT2D eigenvalue weighted by Gasteiger charge is -2.13. The van der Waals surface area contributed by atoms with Crippen LogP contribution in [0.15, 0.2) is 54.9 Å². The number of aromatic nitrogens is 1. The number of amides is 1. The summed E-state index contributed by atoms with van der Waals surface area (Å²) in [5.74, 6) is -0.762. The third-order valence-corrected chi connectivity index (χ3v) is 2.78. The fourth-order valence-electron chi connectivity index (χ4n) is 1.76. The largest absolute Gasteiger partial charge is 0.573 e. The number of hydrogen-bond donors (Lipinski definition) is 1. The maximum atomic E-state index is 12.3. The highest BCUT2D eigenvalue weighted by Crippen LogP contribution is 2.26. The zero-order valence-corrected chi connectivity index (χ0v) is 11.9. The quantitative estimate of drug-likeness (QED) is 0.859. The number of benzene rings is 1. The van der Waals surface area contributed by atoms with Gasteiger partial charge in [-0.3, -0.25) is 9.78 Å². The van der Waals surface area contributed by atoms with Crippen molar-refractivity contribution in [2.24, 2.45) is 0 Å². The van der Waals surface area contributed by atoms with E-state index in [9.17, 15) is 18.0 Å². The minimum absolute atomic E-state index is 0.0776. The zero-order chi connectivity index (χ0) is 16.7. The number of carbonyl (C=O) groups is 1. The molecule has 1 heterocycles. The van der Waals surface area contributed by atoms with Crippen molar-refractivity contribution < 1.29 is 22.7 Å². The van der Waals surface area contributed by atoms with Crippen molar-refractivity contribution in [1.82, 2.24) is 10.3 Å². The van der Waals surface area contributed by atoms with Gasteiger partial charge in [-0.05, 0) is 29.8 Å². The highest BCUT2D eigenvalue weighted by molar-refractivity contribution is 5.91. The van der Waals surface area contributed by atoms with Gasteiger partial charge in [0.1, 0.15) is 5.75 Å². The van der Waals surface area contributed by atoms with Crippen LogP contribution in [-0.2, 0) is 11.3 Å². The molecule has 0 aliphatic carbocycles. The first-order chi connectivity index (χ1) is 10.9. The van der Waals surface area contributed by atoms with Gasteiger partial charge in [-0.1, -0.05) is 18.2 Å². The SMILES string of the molecule is O=C(/C=C/c1ccncc1)NCc1ccccc1OC(F)(F)F. The van der Waals surface area contributed by atoms with Crippen LogP contribution in [0.4, 0.5) is 13.2 Å². The molecule has 120 valence electrons. The van der Waals surface area contributed by atoms with Gasteiger partial charge in [0.2, 0.25) is 5.91 Å². The van der Waals surface area contributed by atoms with Crippen molar-refractivity contribution in [3.05, 3.63) is 66.0 Å². The topological polar surface area (TPSA) is 51.2 Å². The van der Waals surface area contributed by atoms with Gasteiger partial charge >= 0.3 is 6.36 Å². The molecule has 0 aliphatic rings. The molecular formula is C16H13F3N2O2. The Bertz CT molecular complexity index is 685. The summed E-state index contributed by atoms with van der Waals surface area (Å²) in [7, 11) is 0. The van der Waals surface area contributed by atoms with Gasteiger partial charge in [-0.2, -0.15) is 0 Å². The number of alkyl halides is 3. The molecule has 1 amide bonds. The van der Waals surface area contributed by atoms with Gasteiger partial charge in [0, 0.05) is 30.6 Å². The number of para-hydroxylation sites is 1. The molecule has 4 nitrogen and oxygen atoms in total. The Kier molecular flexibility index (Phi) is 5.35. The van der Waals surface area contributed by atoms with Crippen LogP contribution in [0.3, 0.4) is 0 Å². The van der Waals surface area contributed by atoms with E-state index in [1.807, 2.05) is 0 Å². The van der Waals surface area contributed by atoms with Crippen LogP contribution in [-0.4, -0.2) is 17.3 Å². The van der Waals surface area contributed by atoms with E-state index in [4.69, 9.17) is 0 Å². The molecule has 1 aromatic carbocycles. The number of nitrogens with one attached hydrogen (secondary N) is 1. The van der Waals surface area contributed by atoms with Crippen LogP contribution in [0.2, 0.25) is 0 Å². The standard InChI is InChI=1S/C16H13F3N2O2/c17-16(18,19)23-14-4-2-1-3-13(14)11-21-15(22)6-5-12-7-9-20-10-8-12/h1-10H,11H2,(H,21,22)/b6-5+. The van der Waals surface area contributed by atoms with Crippen LogP contribution in [0.1, 0.15) is 11.1 Å².